The average molecular weight is 278 g/mol. The Balaban J connectivity index is 1.74. The van der Waals surface area contributed by atoms with Gasteiger partial charge in [0.1, 0.15) is 23.9 Å². The highest BCUT2D eigenvalue weighted by molar-refractivity contribution is 5.92. The molecule has 1 aromatic heterocycles. The molecule has 2 aromatic carbocycles. The van der Waals surface area contributed by atoms with Crippen molar-refractivity contribution >= 4 is 16.6 Å². The summed E-state index contributed by atoms with van der Waals surface area (Å²) in [5.74, 6) is 1.91. The van der Waals surface area contributed by atoms with Crippen LogP contribution in [0.3, 0.4) is 0 Å². The van der Waals surface area contributed by atoms with Crippen LogP contribution in [0.1, 0.15) is 11.6 Å². The number of phenolic OH excluding ortho intramolecular Hbond substituents is 1. The molecular formula is C17H14N2O2. The van der Waals surface area contributed by atoms with Gasteiger partial charge in [-0.2, -0.15) is 0 Å². The number of ether oxygens (including phenoxy) is 1. The largest absolute Gasteiger partial charge is 0.508 e. The van der Waals surface area contributed by atoms with E-state index in [9.17, 15) is 5.11 Å². The van der Waals surface area contributed by atoms with Gasteiger partial charge in [0.05, 0.1) is 6.04 Å². The molecule has 0 aliphatic carbocycles. The number of aromatic nitrogens is 1. The molecule has 0 saturated heterocycles. The third-order valence-corrected chi connectivity index (χ3v) is 3.76. The number of nitrogens with zero attached hydrogens (tertiary/aromatic N) is 1. The van der Waals surface area contributed by atoms with Gasteiger partial charge < -0.3 is 15.2 Å². The minimum atomic E-state index is 0.0710. The highest BCUT2D eigenvalue weighted by Gasteiger charge is 2.24. The summed E-state index contributed by atoms with van der Waals surface area (Å²) >= 11 is 0. The predicted molar refractivity (Wildman–Crippen MR) is 81.7 cm³/mol. The van der Waals surface area contributed by atoms with Crippen molar-refractivity contribution in [2.45, 2.75) is 6.04 Å². The summed E-state index contributed by atoms with van der Waals surface area (Å²) in [4.78, 5) is 4.41. The van der Waals surface area contributed by atoms with Crippen molar-refractivity contribution in [3.8, 4) is 11.5 Å². The summed E-state index contributed by atoms with van der Waals surface area (Å²) in [5.41, 5.74) is 1.14. The predicted octanol–water partition coefficient (Wildman–Crippen LogP) is 3.49. The molecule has 3 aromatic rings. The van der Waals surface area contributed by atoms with E-state index >= 15 is 0 Å². The molecule has 4 heteroatoms. The van der Waals surface area contributed by atoms with Gasteiger partial charge in [-0.1, -0.05) is 24.3 Å². The van der Waals surface area contributed by atoms with E-state index in [1.165, 1.54) is 0 Å². The first kappa shape index (κ1) is 12.0. The van der Waals surface area contributed by atoms with E-state index in [0.29, 0.717) is 6.61 Å². The van der Waals surface area contributed by atoms with Gasteiger partial charge in [0, 0.05) is 17.1 Å². The minimum Gasteiger partial charge on any atom is -0.508 e. The molecule has 1 unspecified atom stereocenters. The fraction of sp³-hybridized carbons (Fsp3) is 0.118. The highest BCUT2D eigenvalue weighted by atomic mass is 16.5. The van der Waals surface area contributed by atoms with Gasteiger partial charge in [-0.15, -0.1) is 0 Å². The zero-order valence-electron chi connectivity index (χ0n) is 11.3. The number of hydrogen-bond donors (Lipinski definition) is 2. The molecular weight excluding hydrogens is 264 g/mol. The summed E-state index contributed by atoms with van der Waals surface area (Å²) in [6.45, 7) is 0.580. The monoisotopic (exact) mass is 278 g/mol. The minimum absolute atomic E-state index is 0.0710. The van der Waals surface area contributed by atoms with Crippen LogP contribution in [0.15, 0.2) is 54.7 Å². The van der Waals surface area contributed by atoms with Gasteiger partial charge in [-0.3, -0.25) is 0 Å². The lowest BCUT2D eigenvalue weighted by molar-refractivity contribution is 0.339. The van der Waals surface area contributed by atoms with Crippen molar-refractivity contribution in [1.82, 2.24) is 4.98 Å². The van der Waals surface area contributed by atoms with Crippen molar-refractivity contribution in [2.75, 3.05) is 11.9 Å². The van der Waals surface area contributed by atoms with Crippen molar-refractivity contribution in [1.29, 1.82) is 0 Å². The molecule has 21 heavy (non-hydrogen) atoms. The number of para-hydroxylation sites is 1. The summed E-state index contributed by atoms with van der Waals surface area (Å²) in [5, 5.41) is 15.1. The van der Waals surface area contributed by atoms with Crippen LogP contribution in [0.4, 0.5) is 5.82 Å². The molecule has 0 amide bonds. The highest BCUT2D eigenvalue weighted by Crippen LogP contribution is 2.35. The van der Waals surface area contributed by atoms with E-state index in [4.69, 9.17) is 4.74 Å². The maximum atomic E-state index is 9.69. The van der Waals surface area contributed by atoms with Crippen molar-refractivity contribution in [3.05, 3.63) is 60.3 Å². The Morgan fingerprint density at radius 3 is 3.00 bits per heavy atom. The first-order valence-electron chi connectivity index (χ1n) is 6.87. The lowest BCUT2D eigenvalue weighted by Crippen LogP contribution is -2.13. The second-order valence-electron chi connectivity index (χ2n) is 5.11. The van der Waals surface area contributed by atoms with Crippen LogP contribution in [0.5, 0.6) is 11.5 Å². The van der Waals surface area contributed by atoms with Gasteiger partial charge in [0.25, 0.3) is 0 Å². The first-order chi connectivity index (χ1) is 10.3. The molecule has 104 valence electrons. The Morgan fingerprint density at radius 1 is 1.14 bits per heavy atom. The van der Waals surface area contributed by atoms with Crippen LogP contribution < -0.4 is 10.1 Å². The molecule has 4 nitrogen and oxygen atoms in total. The van der Waals surface area contributed by atoms with E-state index in [-0.39, 0.29) is 11.8 Å². The number of phenols is 1. The van der Waals surface area contributed by atoms with Gasteiger partial charge in [0.15, 0.2) is 0 Å². The second-order valence-corrected chi connectivity index (χ2v) is 5.11. The van der Waals surface area contributed by atoms with Crippen LogP contribution in [0, 0.1) is 0 Å². The standard InChI is InChI=1S/C17H14N2O2/c20-12-6-5-11-7-8-18-17(14(11)9-12)19-15-10-21-16-4-2-1-3-13(15)16/h1-9,15,20H,10H2,(H,18,19). The Morgan fingerprint density at radius 2 is 2.05 bits per heavy atom. The SMILES string of the molecule is Oc1ccc2ccnc(NC3COc4ccccc43)c2c1. The molecule has 0 spiro atoms. The Kier molecular flexibility index (Phi) is 2.67. The van der Waals surface area contributed by atoms with Crippen LogP contribution >= 0.6 is 0 Å². The lowest BCUT2D eigenvalue weighted by Gasteiger charge is -2.14. The van der Waals surface area contributed by atoms with Crippen LogP contribution in [0.25, 0.3) is 10.8 Å². The summed E-state index contributed by atoms with van der Waals surface area (Å²) in [6, 6.07) is 15.3. The number of fused-ring (bicyclic) bond motifs is 2. The maximum Gasteiger partial charge on any atom is 0.134 e. The van der Waals surface area contributed by atoms with Gasteiger partial charge in [-0.25, -0.2) is 4.98 Å². The fourth-order valence-electron chi connectivity index (χ4n) is 2.72. The van der Waals surface area contributed by atoms with Crippen LogP contribution in [-0.4, -0.2) is 16.7 Å². The molecule has 4 rings (SSSR count). The maximum absolute atomic E-state index is 9.69. The van der Waals surface area contributed by atoms with E-state index in [0.717, 1.165) is 27.9 Å². The third kappa shape index (κ3) is 2.05. The molecule has 2 heterocycles. The Bertz CT molecular complexity index is 817. The number of aromatic hydroxyl groups is 1. The summed E-state index contributed by atoms with van der Waals surface area (Å²) < 4.78 is 5.68. The zero-order chi connectivity index (χ0) is 14.2. The summed E-state index contributed by atoms with van der Waals surface area (Å²) in [7, 11) is 0. The number of benzene rings is 2. The Hall–Kier alpha value is -2.75. The molecule has 2 N–H and O–H groups in total. The van der Waals surface area contributed by atoms with Gasteiger partial charge >= 0.3 is 0 Å². The summed E-state index contributed by atoms with van der Waals surface area (Å²) in [6.07, 6.45) is 1.77. The van der Waals surface area contributed by atoms with E-state index in [1.54, 1.807) is 18.3 Å². The zero-order valence-corrected chi connectivity index (χ0v) is 11.3. The molecule has 0 fully saturated rings. The van der Waals surface area contributed by atoms with Crippen LogP contribution in [0.2, 0.25) is 0 Å². The number of anilines is 1. The van der Waals surface area contributed by atoms with Gasteiger partial charge in [-0.05, 0) is 29.7 Å². The molecule has 0 radical (unpaired) electrons. The van der Waals surface area contributed by atoms with Crippen molar-refractivity contribution in [2.24, 2.45) is 0 Å². The smallest absolute Gasteiger partial charge is 0.134 e. The average Bonchev–Trinajstić information content (AvgIpc) is 2.91. The topological polar surface area (TPSA) is 54.4 Å². The van der Waals surface area contributed by atoms with Gasteiger partial charge in [0.2, 0.25) is 0 Å². The molecule has 0 bridgehead atoms. The number of nitrogens with one attached hydrogen (secondary N) is 1. The van der Waals surface area contributed by atoms with E-state index in [1.807, 2.05) is 30.3 Å². The van der Waals surface area contributed by atoms with Crippen molar-refractivity contribution in [3.63, 3.8) is 0 Å². The lowest BCUT2D eigenvalue weighted by atomic mass is 10.1. The molecule has 1 atom stereocenters. The van der Waals surface area contributed by atoms with Crippen molar-refractivity contribution < 1.29 is 9.84 Å². The van der Waals surface area contributed by atoms with E-state index in [2.05, 4.69) is 16.4 Å². The quantitative estimate of drug-likeness (QED) is 0.753. The molecule has 0 saturated carbocycles. The third-order valence-electron chi connectivity index (χ3n) is 3.76. The Labute approximate surface area is 122 Å². The molecule has 1 aliphatic rings. The molecule has 1 aliphatic heterocycles. The number of rotatable bonds is 2. The van der Waals surface area contributed by atoms with Crippen LogP contribution in [-0.2, 0) is 0 Å². The second kappa shape index (κ2) is 4.66. The fourth-order valence-corrected chi connectivity index (χ4v) is 2.72. The van der Waals surface area contributed by atoms with E-state index < -0.39 is 0 Å². The normalized spacial score (nSPS) is 16.5. The number of pyridine rings is 1. The first-order valence-corrected chi connectivity index (χ1v) is 6.87. The number of hydrogen-bond acceptors (Lipinski definition) is 4.